The van der Waals surface area contributed by atoms with Gasteiger partial charge >= 0.3 is 0 Å². The number of amides is 1. The number of rotatable bonds is 6. The number of nitrogens with one attached hydrogen (secondary N) is 2. The number of nitrogens with zero attached hydrogens (tertiary/aromatic N) is 3. The monoisotopic (exact) mass is 427 g/mol. The summed E-state index contributed by atoms with van der Waals surface area (Å²) in [7, 11) is 1.98. The van der Waals surface area contributed by atoms with E-state index in [2.05, 4.69) is 20.5 Å². The normalized spacial score (nSPS) is 16.5. The van der Waals surface area contributed by atoms with Crippen LogP contribution in [0, 0.1) is 0 Å². The van der Waals surface area contributed by atoms with Gasteiger partial charge in [-0.2, -0.15) is 0 Å². The van der Waals surface area contributed by atoms with Crippen LogP contribution in [-0.4, -0.2) is 46.5 Å². The van der Waals surface area contributed by atoms with Crippen LogP contribution in [0.3, 0.4) is 0 Å². The summed E-state index contributed by atoms with van der Waals surface area (Å²) >= 11 is 0. The summed E-state index contributed by atoms with van der Waals surface area (Å²) in [5.74, 6) is 2.23. The van der Waals surface area contributed by atoms with Gasteiger partial charge < -0.3 is 19.9 Å². The highest BCUT2D eigenvalue weighted by Crippen LogP contribution is 2.29. The van der Waals surface area contributed by atoms with Gasteiger partial charge in [-0.3, -0.25) is 9.69 Å². The zero-order chi connectivity index (χ0) is 20.1. The maximum absolute atomic E-state index is 12.8. The lowest BCUT2D eigenvalue weighted by atomic mass is 10.1. The molecule has 8 heteroatoms. The van der Waals surface area contributed by atoms with Crippen molar-refractivity contribution in [1.82, 2.24) is 19.8 Å². The molecule has 2 N–H and O–H groups in total. The second-order valence-corrected chi connectivity index (χ2v) is 7.05. The first-order valence-corrected chi connectivity index (χ1v) is 9.74. The molecule has 2 aromatic carbocycles. The van der Waals surface area contributed by atoms with Crippen LogP contribution in [0.1, 0.15) is 11.9 Å². The Morgan fingerprint density at radius 3 is 2.73 bits per heavy atom. The minimum Gasteiger partial charge on any atom is -0.455 e. The van der Waals surface area contributed by atoms with E-state index in [1.54, 1.807) is 6.20 Å². The third-order valence-corrected chi connectivity index (χ3v) is 4.99. The van der Waals surface area contributed by atoms with Gasteiger partial charge in [0.15, 0.2) is 5.75 Å². The standard InChI is InChI=1S/C22H25N5O2.ClH/c1-26-13-12-24-22(26)19-15-23-11-14-27(19)16-21(28)25-18-9-5-6-10-20(18)29-17-7-3-2-4-8-17;/h2-10,12-13,19,23H,11,14-16H2,1H3,(H,25,28);1H. The van der Waals surface area contributed by atoms with Crippen LogP contribution in [0.4, 0.5) is 5.69 Å². The van der Waals surface area contributed by atoms with Crippen molar-refractivity contribution in [3.05, 3.63) is 72.8 Å². The lowest BCUT2D eigenvalue weighted by Gasteiger charge is -2.35. The third kappa shape index (κ3) is 5.18. The molecule has 1 atom stereocenters. The SMILES string of the molecule is Cl.Cn1ccnc1C1CNCCN1CC(=O)Nc1ccccc1Oc1ccccc1. The number of ether oxygens (including phenoxy) is 1. The molecule has 4 rings (SSSR count). The molecule has 1 aromatic heterocycles. The van der Waals surface area contributed by atoms with Gasteiger partial charge in [-0.25, -0.2) is 4.98 Å². The number of piperazine rings is 1. The zero-order valence-corrected chi connectivity index (χ0v) is 17.6. The lowest BCUT2D eigenvalue weighted by Crippen LogP contribution is -2.49. The van der Waals surface area contributed by atoms with Gasteiger partial charge in [-0.05, 0) is 24.3 Å². The van der Waals surface area contributed by atoms with Gasteiger partial charge in [-0.1, -0.05) is 30.3 Å². The average Bonchev–Trinajstić information content (AvgIpc) is 3.16. The predicted molar refractivity (Wildman–Crippen MR) is 119 cm³/mol. The molecule has 0 radical (unpaired) electrons. The number of hydrogen-bond donors (Lipinski definition) is 2. The smallest absolute Gasteiger partial charge is 0.238 e. The van der Waals surface area contributed by atoms with Crippen molar-refractivity contribution in [3.8, 4) is 11.5 Å². The number of aromatic nitrogens is 2. The number of para-hydroxylation sites is 3. The first kappa shape index (κ1) is 21.8. The number of benzene rings is 2. The minimum absolute atomic E-state index is 0. The Labute approximate surface area is 182 Å². The fraction of sp³-hybridized carbons (Fsp3) is 0.273. The van der Waals surface area contributed by atoms with Crippen molar-refractivity contribution in [2.45, 2.75) is 6.04 Å². The number of carbonyl (C=O) groups is 1. The Morgan fingerprint density at radius 2 is 1.97 bits per heavy atom. The highest BCUT2D eigenvalue weighted by Gasteiger charge is 2.28. The summed E-state index contributed by atoms with van der Waals surface area (Å²) in [6.07, 6.45) is 3.72. The summed E-state index contributed by atoms with van der Waals surface area (Å²) in [6, 6.07) is 17.1. The second-order valence-electron chi connectivity index (χ2n) is 7.05. The molecule has 1 saturated heterocycles. The Kier molecular flexibility index (Phi) is 7.46. The number of halogens is 1. The molecule has 2 heterocycles. The van der Waals surface area contributed by atoms with Crippen molar-refractivity contribution in [2.75, 3.05) is 31.5 Å². The molecule has 1 fully saturated rings. The molecule has 1 unspecified atom stereocenters. The highest BCUT2D eigenvalue weighted by atomic mass is 35.5. The van der Waals surface area contributed by atoms with E-state index in [4.69, 9.17) is 4.74 Å². The van der Waals surface area contributed by atoms with Crippen molar-refractivity contribution >= 4 is 24.0 Å². The van der Waals surface area contributed by atoms with Crippen LogP contribution in [0.2, 0.25) is 0 Å². The molecule has 1 aliphatic rings. The van der Waals surface area contributed by atoms with Gasteiger partial charge in [0, 0.05) is 39.1 Å². The fourth-order valence-electron chi connectivity index (χ4n) is 3.54. The van der Waals surface area contributed by atoms with Crippen LogP contribution in [-0.2, 0) is 11.8 Å². The number of anilines is 1. The number of imidazole rings is 1. The lowest BCUT2D eigenvalue weighted by molar-refractivity contribution is -0.118. The fourth-order valence-corrected chi connectivity index (χ4v) is 3.54. The maximum atomic E-state index is 12.8. The summed E-state index contributed by atoms with van der Waals surface area (Å²) in [4.78, 5) is 19.5. The Hall–Kier alpha value is -2.87. The highest BCUT2D eigenvalue weighted by molar-refractivity contribution is 5.93. The van der Waals surface area contributed by atoms with E-state index in [0.717, 1.165) is 31.2 Å². The van der Waals surface area contributed by atoms with Crippen molar-refractivity contribution in [1.29, 1.82) is 0 Å². The van der Waals surface area contributed by atoms with E-state index < -0.39 is 0 Å². The Morgan fingerprint density at radius 1 is 1.20 bits per heavy atom. The van der Waals surface area contributed by atoms with Crippen molar-refractivity contribution < 1.29 is 9.53 Å². The largest absolute Gasteiger partial charge is 0.455 e. The predicted octanol–water partition coefficient (Wildman–Crippen LogP) is 3.22. The van der Waals surface area contributed by atoms with E-state index in [0.29, 0.717) is 18.0 Å². The molecule has 7 nitrogen and oxygen atoms in total. The summed E-state index contributed by atoms with van der Waals surface area (Å²) in [6.45, 7) is 2.69. The zero-order valence-electron chi connectivity index (χ0n) is 16.8. The number of aryl methyl sites for hydroxylation is 1. The second kappa shape index (κ2) is 10.2. The molecule has 158 valence electrons. The molecule has 0 spiro atoms. The minimum atomic E-state index is -0.0739. The maximum Gasteiger partial charge on any atom is 0.238 e. The van der Waals surface area contributed by atoms with Crippen LogP contribution in [0.25, 0.3) is 0 Å². The molecule has 0 bridgehead atoms. The van der Waals surface area contributed by atoms with E-state index in [9.17, 15) is 4.79 Å². The van der Waals surface area contributed by atoms with Gasteiger partial charge in [-0.15, -0.1) is 12.4 Å². The van der Waals surface area contributed by atoms with Crippen LogP contribution < -0.4 is 15.4 Å². The Bertz CT molecular complexity index is 963. The molecule has 3 aromatic rings. The van der Waals surface area contributed by atoms with Gasteiger partial charge in [0.05, 0.1) is 18.3 Å². The Balaban J connectivity index is 0.00000256. The van der Waals surface area contributed by atoms with Gasteiger partial charge in [0.1, 0.15) is 11.6 Å². The third-order valence-electron chi connectivity index (χ3n) is 4.99. The number of carbonyl (C=O) groups excluding carboxylic acids is 1. The molecule has 1 amide bonds. The van der Waals surface area contributed by atoms with Crippen molar-refractivity contribution in [3.63, 3.8) is 0 Å². The van der Waals surface area contributed by atoms with E-state index in [1.165, 1.54) is 0 Å². The van der Waals surface area contributed by atoms with Gasteiger partial charge in [0.2, 0.25) is 5.91 Å². The van der Waals surface area contributed by atoms with Gasteiger partial charge in [0.25, 0.3) is 0 Å². The molecule has 30 heavy (non-hydrogen) atoms. The topological polar surface area (TPSA) is 71.4 Å². The average molecular weight is 428 g/mol. The van der Waals surface area contributed by atoms with Crippen LogP contribution >= 0.6 is 12.4 Å². The van der Waals surface area contributed by atoms with E-state index in [1.807, 2.05) is 72.4 Å². The first-order valence-electron chi connectivity index (χ1n) is 9.74. The van der Waals surface area contributed by atoms with Crippen LogP contribution in [0.15, 0.2) is 67.0 Å². The first-order chi connectivity index (χ1) is 14.2. The quantitative estimate of drug-likeness (QED) is 0.632. The molecular weight excluding hydrogens is 402 g/mol. The molecular formula is C22H26ClN5O2. The van der Waals surface area contributed by atoms with Crippen molar-refractivity contribution in [2.24, 2.45) is 7.05 Å². The van der Waals surface area contributed by atoms with E-state index >= 15 is 0 Å². The van der Waals surface area contributed by atoms with Crippen LogP contribution in [0.5, 0.6) is 11.5 Å². The van der Waals surface area contributed by atoms with E-state index in [-0.39, 0.29) is 24.4 Å². The number of hydrogen-bond acceptors (Lipinski definition) is 5. The molecule has 0 aliphatic carbocycles. The summed E-state index contributed by atoms with van der Waals surface area (Å²) in [5, 5.41) is 6.40. The summed E-state index contributed by atoms with van der Waals surface area (Å²) in [5.41, 5.74) is 0.657. The summed E-state index contributed by atoms with van der Waals surface area (Å²) < 4.78 is 7.95. The molecule has 1 aliphatic heterocycles. The molecule has 0 saturated carbocycles.